The number of urea groups is 1. The molecule has 0 aliphatic heterocycles. The van der Waals surface area contributed by atoms with Crippen LogP contribution in [0.25, 0.3) is 0 Å². The first-order chi connectivity index (χ1) is 6.67. The summed E-state index contributed by atoms with van der Waals surface area (Å²) in [4.78, 5) is 22.7. The van der Waals surface area contributed by atoms with E-state index in [0.29, 0.717) is 6.42 Å². The van der Waals surface area contributed by atoms with Gasteiger partial charge < -0.3 is 5.11 Å². The minimum Gasteiger partial charge on any atom is -0.387 e. The van der Waals surface area contributed by atoms with Crippen molar-refractivity contribution in [1.29, 1.82) is 0 Å². The van der Waals surface area contributed by atoms with Crippen LogP contribution in [0.4, 0.5) is 4.79 Å². The van der Waals surface area contributed by atoms with Gasteiger partial charge in [-0.05, 0) is 6.42 Å². The lowest BCUT2D eigenvalue weighted by atomic mass is 10.2. The molecule has 0 radical (unpaired) electrons. The van der Waals surface area contributed by atoms with Crippen LogP contribution in [0.3, 0.4) is 0 Å². The second kappa shape index (κ2) is 7.28. The molecule has 0 rings (SSSR count). The molecule has 0 spiro atoms. The van der Waals surface area contributed by atoms with Crippen molar-refractivity contribution in [1.82, 2.24) is 10.4 Å². The fraction of sp³-hybridized carbons (Fsp3) is 0.750. The van der Waals surface area contributed by atoms with Crippen LogP contribution in [0.15, 0.2) is 0 Å². The summed E-state index contributed by atoms with van der Waals surface area (Å²) in [5.41, 5.74) is 1.36. The SMILES string of the molecule is CCCCCN(C(=O)CO)C(=O)NO. The summed E-state index contributed by atoms with van der Waals surface area (Å²) in [6.45, 7) is 1.46. The van der Waals surface area contributed by atoms with Crippen molar-refractivity contribution in [2.24, 2.45) is 0 Å². The Kier molecular flexibility index (Phi) is 6.69. The number of carbonyl (C=O) groups is 2. The van der Waals surface area contributed by atoms with Gasteiger partial charge in [0.15, 0.2) is 0 Å². The Morgan fingerprint density at radius 1 is 1.36 bits per heavy atom. The van der Waals surface area contributed by atoms with Crippen LogP contribution >= 0.6 is 0 Å². The Morgan fingerprint density at radius 2 is 2.00 bits per heavy atom. The molecular weight excluding hydrogens is 188 g/mol. The van der Waals surface area contributed by atoms with Crippen molar-refractivity contribution in [3.8, 4) is 0 Å². The molecule has 14 heavy (non-hydrogen) atoms. The highest BCUT2D eigenvalue weighted by Crippen LogP contribution is 1.99. The molecule has 82 valence electrons. The molecule has 6 heteroatoms. The van der Waals surface area contributed by atoms with Gasteiger partial charge in [-0.3, -0.25) is 14.9 Å². The maximum absolute atomic E-state index is 11.0. The second-order valence-electron chi connectivity index (χ2n) is 2.83. The van der Waals surface area contributed by atoms with Gasteiger partial charge in [-0.25, -0.2) is 10.3 Å². The first-order valence-corrected chi connectivity index (χ1v) is 4.52. The number of hydrogen-bond acceptors (Lipinski definition) is 4. The monoisotopic (exact) mass is 204 g/mol. The Labute approximate surface area is 82.5 Å². The first kappa shape index (κ1) is 12.9. The molecule has 6 nitrogen and oxygen atoms in total. The minimum absolute atomic E-state index is 0.208. The quantitative estimate of drug-likeness (QED) is 0.336. The average molecular weight is 204 g/mol. The van der Waals surface area contributed by atoms with Crippen LogP contribution in [0.2, 0.25) is 0 Å². The van der Waals surface area contributed by atoms with Crippen LogP contribution in [0.5, 0.6) is 0 Å². The fourth-order valence-electron chi connectivity index (χ4n) is 1.01. The molecule has 0 aliphatic rings. The van der Waals surface area contributed by atoms with E-state index in [0.717, 1.165) is 17.7 Å². The Hall–Kier alpha value is -1.14. The Balaban J connectivity index is 4.11. The van der Waals surface area contributed by atoms with Gasteiger partial charge in [0.2, 0.25) is 0 Å². The van der Waals surface area contributed by atoms with E-state index in [2.05, 4.69) is 0 Å². The van der Waals surface area contributed by atoms with E-state index in [4.69, 9.17) is 10.3 Å². The average Bonchev–Trinajstić information content (AvgIpc) is 2.22. The lowest BCUT2D eigenvalue weighted by Gasteiger charge is -2.18. The van der Waals surface area contributed by atoms with Crippen molar-refractivity contribution in [3.05, 3.63) is 0 Å². The molecule has 0 atom stereocenters. The number of aliphatic hydroxyl groups is 1. The molecule has 0 bridgehead atoms. The lowest BCUT2D eigenvalue weighted by molar-refractivity contribution is -0.131. The molecule has 0 aromatic carbocycles. The number of nitrogens with one attached hydrogen (secondary N) is 1. The summed E-state index contributed by atoms with van der Waals surface area (Å²) in [6, 6.07) is -0.903. The normalized spacial score (nSPS) is 9.64. The summed E-state index contributed by atoms with van der Waals surface area (Å²) < 4.78 is 0. The summed E-state index contributed by atoms with van der Waals surface area (Å²) >= 11 is 0. The van der Waals surface area contributed by atoms with Gasteiger partial charge in [0.1, 0.15) is 6.61 Å². The topological polar surface area (TPSA) is 89.9 Å². The lowest BCUT2D eigenvalue weighted by Crippen LogP contribution is -2.44. The number of nitrogens with zero attached hydrogens (tertiary/aromatic N) is 1. The predicted octanol–water partition coefficient (Wildman–Crippen LogP) is 0.0963. The number of imide groups is 1. The molecule has 0 aromatic rings. The number of unbranched alkanes of at least 4 members (excludes halogenated alkanes) is 2. The van der Waals surface area contributed by atoms with E-state index in [-0.39, 0.29) is 6.54 Å². The Morgan fingerprint density at radius 3 is 2.43 bits per heavy atom. The zero-order valence-corrected chi connectivity index (χ0v) is 8.19. The van der Waals surface area contributed by atoms with E-state index < -0.39 is 18.5 Å². The van der Waals surface area contributed by atoms with Crippen molar-refractivity contribution < 1.29 is 19.9 Å². The largest absolute Gasteiger partial charge is 0.387 e. The van der Waals surface area contributed by atoms with E-state index in [9.17, 15) is 9.59 Å². The standard InChI is InChI=1S/C8H16N2O4/c1-2-3-4-5-10(7(12)6-11)8(13)9-14/h11,14H,2-6H2,1H3,(H,9,13). The predicted molar refractivity (Wildman–Crippen MR) is 48.6 cm³/mol. The summed E-state index contributed by atoms with van der Waals surface area (Å²) in [5.74, 6) is -0.715. The van der Waals surface area contributed by atoms with Crippen LogP contribution < -0.4 is 5.48 Å². The fourth-order valence-corrected chi connectivity index (χ4v) is 1.01. The zero-order valence-electron chi connectivity index (χ0n) is 8.19. The van der Waals surface area contributed by atoms with Crippen LogP contribution in [-0.4, -0.2) is 40.3 Å². The summed E-state index contributed by atoms with van der Waals surface area (Å²) in [6.07, 6.45) is 2.51. The Bertz CT molecular complexity index is 180. The number of hydrogen-bond donors (Lipinski definition) is 3. The number of carbonyl (C=O) groups excluding carboxylic acids is 2. The highest BCUT2D eigenvalue weighted by molar-refractivity contribution is 5.94. The van der Waals surface area contributed by atoms with Crippen molar-refractivity contribution in [2.45, 2.75) is 26.2 Å². The summed E-state index contributed by atoms with van der Waals surface area (Å²) in [7, 11) is 0. The maximum atomic E-state index is 11.0. The van der Waals surface area contributed by atoms with Gasteiger partial charge in [-0.1, -0.05) is 19.8 Å². The van der Waals surface area contributed by atoms with Crippen molar-refractivity contribution >= 4 is 11.9 Å². The molecule has 3 N–H and O–H groups in total. The van der Waals surface area contributed by atoms with Crippen LogP contribution in [0.1, 0.15) is 26.2 Å². The number of aliphatic hydroxyl groups excluding tert-OH is 1. The summed E-state index contributed by atoms with van der Waals surface area (Å²) in [5, 5.41) is 16.9. The number of amides is 3. The van der Waals surface area contributed by atoms with Crippen molar-refractivity contribution in [3.63, 3.8) is 0 Å². The molecule has 0 saturated carbocycles. The molecule has 0 unspecified atom stereocenters. The molecule has 0 aliphatic carbocycles. The van der Waals surface area contributed by atoms with Gasteiger partial charge in [-0.2, -0.15) is 0 Å². The van der Waals surface area contributed by atoms with Gasteiger partial charge >= 0.3 is 6.03 Å². The molecular formula is C8H16N2O4. The van der Waals surface area contributed by atoms with Crippen LogP contribution in [0, 0.1) is 0 Å². The third-order valence-corrected chi connectivity index (χ3v) is 1.76. The maximum Gasteiger partial charge on any atom is 0.347 e. The minimum atomic E-state index is -0.903. The zero-order chi connectivity index (χ0) is 11.0. The van der Waals surface area contributed by atoms with E-state index in [1.807, 2.05) is 6.92 Å². The third-order valence-electron chi connectivity index (χ3n) is 1.76. The molecule has 0 saturated heterocycles. The van der Waals surface area contributed by atoms with Crippen molar-refractivity contribution in [2.75, 3.05) is 13.2 Å². The third kappa shape index (κ3) is 4.20. The number of hydroxylamine groups is 1. The smallest absolute Gasteiger partial charge is 0.347 e. The van der Waals surface area contributed by atoms with E-state index in [1.165, 1.54) is 5.48 Å². The van der Waals surface area contributed by atoms with Gasteiger partial charge in [0.25, 0.3) is 5.91 Å². The highest BCUT2D eigenvalue weighted by atomic mass is 16.5. The second-order valence-corrected chi connectivity index (χ2v) is 2.83. The van der Waals surface area contributed by atoms with Crippen LogP contribution in [-0.2, 0) is 4.79 Å². The molecule has 0 heterocycles. The van der Waals surface area contributed by atoms with E-state index in [1.54, 1.807) is 0 Å². The van der Waals surface area contributed by atoms with Gasteiger partial charge in [0.05, 0.1) is 0 Å². The number of rotatable bonds is 5. The van der Waals surface area contributed by atoms with Gasteiger partial charge in [-0.15, -0.1) is 0 Å². The molecule has 3 amide bonds. The first-order valence-electron chi connectivity index (χ1n) is 4.52. The molecule has 0 aromatic heterocycles. The molecule has 0 fully saturated rings. The highest BCUT2D eigenvalue weighted by Gasteiger charge is 2.18. The van der Waals surface area contributed by atoms with Gasteiger partial charge in [0, 0.05) is 6.54 Å². The van der Waals surface area contributed by atoms with E-state index >= 15 is 0 Å².